The second-order valence-electron chi connectivity index (χ2n) is 5.54. The fraction of sp³-hybridized carbons (Fsp3) is 0.562. The summed E-state index contributed by atoms with van der Waals surface area (Å²) in [6.07, 6.45) is 1.83. The number of hydrogen-bond donors (Lipinski definition) is 1. The molecule has 0 aromatic heterocycles. The molecule has 1 heterocycles. The molecule has 1 N–H and O–H groups in total. The summed E-state index contributed by atoms with van der Waals surface area (Å²) in [5.41, 5.74) is 0.703. The van der Waals surface area contributed by atoms with Crippen molar-refractivity contribution >= 4 is 5.97 Å². The van der Waals surface area contributed by atoms with Crippen molar-refractivity contribution in [3.63, 3.8) is 0 Å². The molecule has 2 rings (SSSR count). The smallest absolute Gasteiger partial charge is 0.322 e. The van der Waals surface area contributed by atoms with Gasteiger partial charge in [0.25, 0.3) is 0 Å². The van der Waals surface area contributed by atoms with E-state index in [2.05, 4.69) is 4.90 Å². The fourth-order valence-corrected chi connectivity index (χ4v) is 3.01. The lowest BCUT2D eigenvalue weighted by molar-refractivity contribution is -0.146. The van der Waals surface area contributed by atoms with Crippen LogP contribution in [0.15, 0.2) is 24.3 Å². The van der Waals surface area contributed by atoms with Crippen LogP contribution in [-0.2, 0) is 9.53 Å². The van der Waals surface area contributed by atoms with Gasteiger partial charge in [0.1, 0.15) is 11.9 Å². The molecule has 1 aliphatic rings. The van der Waals surface area contributed by atoms with Crippen molar-refractivity contribution < 1.29 is 19.0 Å². The molecule has 5 heteroatoms. The van der Waals surface area contributed by atoms with Crippen LogP contribution in [-0.4, -0.2) is 41.7 Å². The number of hydrogen-bond acceptors (Lipinski definition) is 4. The van der Waals surface area contributed by atoms with Gasteiger partial charge in [0.15, 0.2) is 0 Å². The first-order valence-corrected chi connectivity index (χ1v) is 7.30. The first kappa shape index (κ1) is 15.9. The molecule has 0 radical (unpaired) electrons. The molecule has 1 fully saturated rings. The average Bonchev–Trinajstić information content (AvgIpc) is 2.94. The molecule has 4 nitrogen and oxygen atoms in total. The number of nitrogens with zero attached hydrogens (tertiary/aromatic N) is 1. The molecule has 1 aromatic rings. The van der Waals surface area contributed by atoms with Crippen molar-refractivity contribution in [1.29, 1.82) is 0 Å². The van der Waals surface area contributed by atoms with E-state index in [1.165, 1.54) is 19.2 Å². The average molecular weight is 295 g/mol. The van der Waals surface area contributed by atoms with Crippen molar-refractivity contribution in [2.45, 2.75) is 44.4 Å². The van der Waals surface area contributed by atoms with Gasteiger partial charge in [-0.25, -0.2) is 4.39 Å². The molecule has 0 amide bonds. The predicted molar refractivity (Wildman–Crippen MR) is 77.2 cm³/mol. The van der Waals surface area contributed by atoms with E-state index in [0.717, 1.165) is 19.4 Å². The number of halogens is 1. The number of ether oxygens (including phenoxy) is 1. The standard InChI is InChI=1S/C16H22FNO3/c1-11(16(20)21-2)18-9-3-4-14(18)10-15(19)12-5-7-13(17)8-6-12/h5-8,11,14-15,19H,3-4,9-10H2,1-2H3/t11-,14-,15+/m0/s1. The predicted octanol–water partition coefficient (Wildman–Crippen LogP) is 2.28. The Balaban J connectivity index is 2.00. The summed E-state index contributed by atoms with van der Waals surface area (Å²) in [6.45, 7) is 2.66. The Morgan fingerprint density at radius 3 is 2.76 bits per heavy atom. The van der Waals surface area contributed by atoms with E-state index >= 15 is 0 Å². The molecule has 1 saturated heterocycles. The van der Waals surface area contributed by atoms with E-state index < -0.39 is 6.10 Å². The van der Waals surface area contributed by atoms with E-state index in [1.54, 1.807) is 12.1 Å². The molecule has 0 spiro atoms. The molecule has 0 unspecified atom stereocenters. The van der Waals surface area contributed by atoms with Crippen LogP contribution in [0.3, 0.4) is 0 Å². The number of carbonyl (C=O) groups excluding carboxylic acids is 1. The Labute approximate surface area is 124 Å². The number of methoxy groups -OCH3 is 1. The largest absolute Gasteiger partial charge is 0.468 e. The Bertz CT molecular complexity index is 477. The highest BCUT2D eigenvalue weighted by Gasteiger charge is 2.33. The first-order chi connectivity index (χ1) is 10.0. The molecule has 1 aliphatic heterocycles. The van der Waals surface area contributed by atoms with Crippen molar-refractivity contribution in [3.8, 4) is 0 Å². The number of esters is 1. The minimum absolute atomic E-state index is 0.138. The van der Waals surface area contributed by atoms with Gasteiger partial charge in [-0.2, -0.15) is 0 Å². The minimum atomic E-state index is -0.652. The van der Waals surface area contributed by atoms with Gasteiger partial charge in [-0.1, -0.05) is 12.1 Å². The van der Waals surface area contributed by atoms with E-state index in [0.29, 0.717) is 12.0 Å². The second-order valence-corrected chi connectivity index (χ2v) is 5.54. The van der Waals surface area contributed by atoms with Crippen molar-refractivity contribution in [2.24, 2.45) is 0 Å². The fourth-order valence-electron chi connectivity index (χ4n) is 3.01. The summed E-state index contributed by atoms with van der Waals surface area (Å²) in [5.74, 6) is -0.564. The van der Waals surface area contributed by atoms with Crippen LogP contribution in [0, 0.1) is 5.82 Å². The third-order valence-corrected chi connectivity index (χ3v) is 4.21. The highest BCUT2D eigenvalue weighted by atomic mass is 19.1. The van der Waals surface area contributed by atoms with Gasteiger partial charge in [0.2, 0.25) is 0 Å². The topological polar surface area (TPSA) is 49.8 Å². The minimum Gasteiger partial charge on any atom is -0.468 e. The summed E-state index contributed by atoms with van der Waals surface area (Å²) >= 11 is 0. The van der Waals surface area contributed by atoms with Crippen molar-refractivity contribution in [2.75, 3.05) is 13.7 Å². The molecule has 0 saturated carbocycles. The van der Waals surface area contributed by atoms with Crippen LogP contribution in [0.5, 0.6) is 0 Å². The molecular weight excluding hydrogens is 273 g/mol. The number of likely N-dealkylation sites (tertiary alicyclic amines) is 1. The molecular formula is C16H22FNO3. The van der Waals surface area contributed by atoms with Crippen LogP contribution in [0.25, 0.3) is 0 Å². The second kappa shape index (κ2) is 7.00. The van der Waals surface area contributed by atoms with Crippen molar-refractivity contribution in [3.05, 3.63) is 35.6 Å². The van der Waals surface area contributed by atoms with Gasteiger partial charge in [0, 0.05) is 6.04 Å². The van der Waals surface area contributed by atoms with Crippen LogP contribution >= 0.6 is 0 Å². The van der Waals surface area contributed by atoms with Gasteiger partial charge in [-0.05, 0) is 50.4 Å². The normalized spacial score (nSPS) is 22.0. The van der Waals surface area contributed by atoms with Gasteiger partial charge < -0.3 is 9.84 Å². The Morgan fingerprint density at radius 1 is 1.48 bits per heavy atom. The number of aliphatic hydroxyl groups is 1. The zero-order chi connectivity index (χ0) is 15.4. The zero-order valence-corrected chi connectivity index (χ0v) is 12.5. The summed E-state index contributed by atoms with van der Waals surface area (Å²) in [6, 6.07) is 5.73. The Hall–Kier alpha value is -1.46. The SMILES string of the molecule is COC(=O)[C@H](C)N1CCC[C@H]1C[C@@H](O)c1ccc(F)cc1. The summed E-state index contributed by atoms with van der Waals surface area (Å²) in [5, 5.41) is 10.3. The number of carbonyl (C=O) groups is 1. The summed E-state index contributed by atoms with van der Waals surface area (Å²) < 4.78 is 17.7. The van der Waals surface area contributed by atoms with Gasteiger partial charge in [-0.15, -0.1) is 0 Å². The van der Waals surface area contributed by atoms with Gasteiger partial charge in [0.05, 0.1) is 13.2 Å². The highest BCUT2D eigenvalue weighted by Crippen LogP contribution is 2.29. The molecule has 21 heavy (non-hydrogen) atoms. The van der Waals surface area contributed by atoms with E-state index in [4.69, 9.17) is 4.74 Å². The highest BCUT2D eigenvalue weighted by molar-refractivity contribution is 5.75. The molecule has 3 atom stereocenters. The molecule has 0 bridgehead atoms. The zero-order valence-electron chi connectivity index (χ0n) is 12.5. The molecule has 0 aliphatic carbocycles. The quantitative estimate of drug-likeness (QED) is 0.847. The number of rotatable bonds is 5. The number of benzene rings is 1. The van der Waals surface area contributed by atoms with Crippen LogP contribution < -0.4 is 0 Å². The van der Waals surface area contributed by atoms with Crippen molar-refractivity contribution in [1.82, 2.24) is 4.90 Å². The lowest BCUT2D eigenvalue weighted by Crippen LogP contribution is -2.43. The Morgan fingerprint density at radius 2 is 2.14 bits per heavy atom. The van der Waals surface area contributed by atoms with Crippen LogP contribution in [0.4, 0.5) is 4.39 Å². The maximum absolute atomic E-state index is 12.9. The van der Waals surface area contributed by atoms with E-state index in [9.17, 15) is 14.3 Å². The van der Waals surface area contributed by atoms with Gasteiger partial charge >= 0.3 is 5.97 Å². The maximum atomic E-state index is 12.9. The van der Waals surface area contributed by atoms with E-state index in [1.807, 2.05) is 6.92 Å². The number of aliphatic hydroxyl groups excluding tert-OH is 1. The molecule has 116 valence electrons. The monoisotopic (exact) mass is 295 g/mol. The summed E-state index contributed by atoms with van der Waals surface area (Å²) in [4.78, 5) is 13.8. The lowest BCUT2D eigenvalue weighted by Gasteiger charge is -2.30. The third kappa shape index (κ3) is 3.80. The third-order valence-electron chi connectivity index (χ3n) is 4.21. The van der Waals surface area contributed by atoms with Crippen LogP contribution in [0.1, 0.15) is 37.9 Å². The van der Waals surface area contributed by atoms with Gasteiger partial charge in [-0.3, -0.25) is 9.69 Å². The Kier molecular flexibility index (Phi) is 5.31. The first-order valence-electron chi connectivity index (χ1n) is 7.30. The lowest BCUT2D eigenvalue weighted by atomic mass is 10.00. The van der Waals surface area contributed by atoms with E-state index in [-0.39, 0.29) is 23.9 Å². The summed E-state index contributed by atoms with van der Waals surface area (Å²) in [7, 11) is 1.39. The van der Waals surface area contributed by atoms with Crippen LogP contribution in [0.2, 0.25) is 0 Å². The molecule has 1 aromatic carbocycles. The maximum Gasteiger partial charge on any atom is 0.322 e.